The molecule has 2 unspecified atom stereocenters. The van der Waals surface area contributed by atoms with Crippen molar-refractivity contribution in [1.82, 2.24) is 10.6 Å². The number of carbonyl (C=O) groups excluding carboxylic acids is 1. The van der Waals surface area contributed by atoms with Crippen molar-refractivity contribution in [3.63, 3.8) is 0 Å². The van der Waals surface area contributed by atoms with Crippen molar-refractivity contribution in [3.8, 4) is 0 Å². The van der Waals surface area contributed by atoms with E-state index in [4.69, 9.17) is 0 Å². The number of nitrogens with one attached hydrogen (secondary N) is 2. The number of unbranched alkanes of at least 4 members (excludes halogenated alkanes) is 3. The van der Waals surface area contributed by atoms with E-state index >= 15 is 0 Å². The topological polar surface area (TPSA) is 75.3 Å². The van der Waals surface area contributed by atoms with E-state index in [1.165, 1.54) is 19.3 Å². The summed E-state index contributed by atoms with van der Waals surface area (Å²) in [6.07, 6.45) is 6.03. The van der Waals surface area contributed by atoms with Gasteiger partial charge in [-0.2, -0.15) is 0 Å². The minimum Gasteiger partial charge on any atom is -0.354 e. The van der Waals surface area contributed by atoms with E-state index in [-0.39, 0.29) is 35.9 Å². The highest BCUT2D eigenvalue weighted by Gasteiger charge is 2.26. The summed E-state index contributed by atoms with van der Waals surface area (Å²) >= 11 is 0. The summed E-state index contributed by atoms with van der Waals surface area (Å²) in [6.45, 7) is 4.64. The van der Waals surface area contributed by atoms with Gasteiger partial charge in [0.25, 0.3) is 0 Å². The quantitative estimate of drug-likeness (QED) is 0.662. The lowest BCUT2D eigenvalue weighted by molar-refractivity contribution is -0.122. The molecule has 1 aliphatic rings. The Morgan fingerprint density at radius 2 is 2.10 bits per heavy atom. The molecule has 5 nitrogen and oxygen atoms in total. The molecular weight excluding hydrogens is 276 g/mol. The lowest BCUT2D eigenvalue weighted by Crippen LogP contribution is -2.48. The van der Waals surface area contributed by atoms with Crippen LogP contribution in [0.4, 0.5) is 0 Å². The lowest BCUT2D eigenvalue weighted by atomic mass is 10.1. The maximum atomic E-state index is 11.9. The van der Waals surface area contributed by atoms with Gasteiger partial charge in [0.05, 0.1) is 11.5 Å². The second kappa shape index (κ2) is 8.62. The summed E-state index contributed by atoms with van der Waals surface area (Å²) in [5, 5.41) is 6.06. The van der Waals surface area contributed by atoms with Crippen LogP contribution in [0.3, 0.4) is 0 Å². The van der Waals surface area contributed by atoms with Gasteiger partial charge in [0.1, 0.15) is 0 Å². The Labute approximate surface area is 122 Å². The highest BCUT2D eigenvalue weighted by atomic mass is 32.2. The first-order chi connectivity index (χ1) is 9.43. The predicted octanol–water partition coefficient (Wildman–Crippen LogP) is 1.24. The fourth-order valence-electron chi connectivity index (χ4n) is 2.51. The van der Waals surface area contributed by atoms with Crippen molar-refractivity contribution < 1.29 is 13.2 Å². The van der Waals surface area contributed by atoms with Gasteiger partial charge < -0.3 is 10.6 Å². The van der Waals surface area contributed by atoms with E-state index in [1.54, 1.807) is 0 Å². The minimum absolute atomic E-state index is 0.0532. The first-order valence-corrected chi connectivity index (χ1v) is 9.48. The molecule has 1 rings (SSSR count). The number of amides is 1. The van der Waals surface area contributed by atoms with Gasteiger partial charge in [-0.3, -0.25) is 4.79 Å². The van der Waals surface area contributed by atoms with E-state index < -0.39 is 9.84 Å². The van der Waals surface area contributed by atoms with Crippen molar-refractivity contribution in [1.29, 1.82) is 0 Å². The highest BCUT2D eigenvalue weighted by Crippen LogP contribution is 2.07. The first kappa shape index (κ1) is 17.4. The third-order valence-electron chi connectivity index (χ3n) is 3.63. The van der Waals surface area contributed by atoms with Gasteiger partial charge >= 0.3 is 0 Å². The zero-order chi connectivity index (χ0) is 15.0. The maximum Gasteiger partial charge on any atom is 0.221 e. The molecule has 0 aromatic carbocycles. The van der Waals surface area contributed by atoms with Gasteiger partial charge in [0, 0.05) is 25.0 Å². The molecule has 118 valence electrons. The standard InChI is InChI=1S/C14H28N2O3S/c1-3-4-5-6-7-12(2)16-14(17)10-13-11-20(18,19)9-8-15-13/h12-13,15H,3-11H2,1-2H3,(H,16,17). The molecule has 1 saturated heterocycles. The Bertz CT molecular complexity index is 395. The largest absolute Gasteiger partial charge is 0.354 e. The minimum atomic E-state index is -2.97. The monoisotopic (exact) mass is 304 g/mol. The average Bonchev–Trinajstić information content (AvgIpc) is 2.33. The Hall–Kier alpha value is -0.620. The number of hydrogen-bond donors (Lipinski definition) is 2. The van der Waals surface area contributed by atoms with E-state index in [0.29, 0.717) is 6.54 Å². The molecule has 1 heterocycles. The first-order valence-electron chi connectivity index (χ1n) is 7.66. The molecule has 0 bridgehead atoms. The molecule has 0 aliphatic carbocycles. The Balaban J connectivity index is 2.22. The van der Waals surface area contributed by atoms with Crippen molar-refractivity contribution in [3.05, 3.63) is 0 Å². The van der Waals surface area contributed by atoms with Crippen molar-refractivity contribution in [2.45, 2.75) is 64.5 Å². The van der Waals surface area contributed by atoms with Crippen LogP contribution in [-0.2, 0) is 14.6 Å². The van der Waals surface area contributed by atoms with Gasteiger partial charge in [-0.05, 0) is 13.3 Å². The van der Waals surface area contributed by atoms with Crippen LogP contribution >= 0.6 is 0 Å². The molecule has 2 N–H and O–H groups in total. The van der Waals surface area contributed by atoms with E-state index in [1.807, 2.05) is 6.92 Å². The molecule has 2 atom stereocenters. The summed E-state index contributed by atoms with van der Waals surface area (Å²) in [5.74, 6) is 0.201. The number of hydrogen-bond acceptors (Lipinski definition) is 4. The van der Waals surface area contributed by atoms with Crippen molar-refractivity contribution >= 4 is 15.7 Å². The van der Waals surface area contributed by atoms with Crippen LogP contribution in [0.1, 0.15) is 52.4 Å². The van der Waals surface area contributed by atoms with Gasteiger partial charge in [-0.1, -0.05) is 32.6 Å². The fraction of sp³-hybridized carbons (Fsp3) is 0.929. The van der Waals surface area contributed by atoms with Crippen LogP contribution in [0, 0.1) is 0 Å². The molecular formula is C14H28N2O3S. The Morgan fingerprint density at radius 1 is 1.35 bits per heavy atom. The molecule has 1 fully saturated rings. The smallest absolute Gasteiger partial charge is 0.221 e. The Kier molecular flexibility index (Phi) is 7.51. The van der Waals surface area contributed by atoms with Crippen LogP contribution in [-0.4, -0.2) is 44.5 Å². The van der Waals surface area contributed by atoms with Gasteiger partial charge in [-0.25, -0.2) is 8.42 Å². The van der Waals surface area contributed by atoms with Gasteiger partial charge in [0.2, 0.25) is 5.91 Å². The second-order valence-electron chi connectivity index (χ2n) is 5.79. The number of sulfone groups is 1. The fourth-order valence-corrected chi connectivity index (χ4v) is 3.95. The zero-order valence-corrected chi connectivity index (χ0v) is 13.5. The third-order valence-corrected chi connectivity index (χ3v) is 5.37. The Morgan fingerprint density at radius 3 is 2.75 bits per heavy atom. The van der Waals surface area contributed by atoms with Gasteiger partial charge in [-0.15, -0.1) is 0 Å². The van der Waals surface area contributed by atoms with E-state index in [9.17, 15) is 13.2 Å². The SMILES string of the molecule is CCCCCCC(C)NC(=O)CC1CS(=O)(=O)CCN1. The summed E-state index contributed by atoms with van der Waals surface area (Å²) < 4.78 is 23.0. The molecule has 0 saturated carbocycles. The molecule has 0 aromatic heterocycles. The highest BCUT2D eigenvalue weighted by molar-refractivity contribution is 7.91. The van der Waals surface area contributed by atoms with Crippen LogP contribution < -0.4 is 10.6 Å². The van der Waals surface area contributed by atoms with Crippen LogP contribution in [0.25, 0.3) is 0 Å². The van der Waals surface area contributed by atoms with Crippen molar-refractivity contribution in [2.75, 3.05) is 18.1 Å². The molecule has 1 aliphatic heterocycles. The average molecular weight is 304 g/mol. The third kappa shape index (κ3) is 7.24. The predicted molar refractivity (Wildman–Crippen MR) is 81.4 cm³/mol. The number of carbonyl (C=O) groups is 1. The van der Waals surface area contributed by atoms with Crippen LogP contribution in [0.2, 0.25) is 0 Å². The molecule has 1 amide bonds. The summed E-state index contributed by atoms with van der Waals surface area (Å²) in [4.78, 5) is 11.9. The zero-order valence-electron chi connectivity index (χ0n) is 12.7. The maximum absolute atomic E-state index is 11.9. The molecule has 6 heteroatoms. The summed E-state index contributed by atoms with van der Waals surface area (Å²) in [7, 11) is -2.97. The van der Waals surface area contributed by atoms with Crippen molar-refractivity contribution in [2.24, 2.45) is 0 Å². The number of rotatable bonds is 8. The summed E-state index contributed by atoms with van der Waals surface area (Å²) in [6, 6.07) is -0.0689. The molecule has 20 heavy (non-hydrogen) atoms. The second-order valence-corrected chi connectivity index (χ2v) is 8.02. The van der Waals surface area contributed by atoms with E-state index in [2.05, 4.69) is 17.6 Å². The molecule has 0 radical (unpaired) electrons. The van der Waals surface area contributed by atoms with E-state index in [0.717, 1.165) is 12.8 Å². The van der Waals surface area contributed by atoms with Crippen LogP contribution in [0.5, 0.6) is 0 Å². The normalized spacial score (nSPS) is 23.2. The van der Waals surface area contributed by atoms with Gasteiger partial charge in [0.15, 0.2) is 9.84 Å². The summed E-state index contributed by atoms with van der Waals surface area (Å²) in [5.41, 5.74) is 0. The molecule has 0 spiro atoms. The lowest BCUT2D eigenvalue weighted by Gasteiger charge is -2.24. The van der Waals surface area contributed by atoms with Crippen LogP contribution in [0.15, 0.2) is 0 Å². The molecule has 0 aromatic rings.